The molecule has 3 aromatic rings. The minimum atomic E-state index is -0.352. The third-order valence-corrected chi connectivity index (χ3v) is 6.29. The number of hydrogen-bond acceptors (Lipinski definition) is 6. The van der Waals surface area contributed by atoms with Gasteiger partial charge in [-0.2, -0.15) is 0 Å². The molecule has 7 heteroatoms. The number of thiazole rings is 1. The molecule has 0 radical (unpaired) electrons. The highest BCUT2D eigenvalue weighted by Gasteiger charge is 2.32. The number of benzene rings is 2. The number of hydrogen-bond donors (Lipinski definition) is 2. The number of nitrogens with zero attached hydrogens (tertiary/aromatic N) is 2. The van der Waals surface area contributed by atoms with Gasteiger partial charge in [0.05, 0.1) is 30.0 Å². The minimum Gasteiger partial charge on any atom is -0.510 e. The SMILES string of the molecule is CCCCOC(=O)c1ccc(N2CC(O)=C(c3nc(-c4ccccc4)c(C)s3)C2=N)cc1. The monoisotopic (exact) mass is 447 g/mol. The van der Waals surface area contributed by atoms with Crippen molar-refractivity contribution in [2.75, 3.05) is 18.1 Å². The van der Waals surface area contributed by atoms with Crippen LogP contribution in [0, 0.1) is 12.3 Å². The Morgan fingerprint density at radius 1 is 1.19 bits per heavy atom. The average molecular weight is 448 g/mol. The Bertz CT molecular complexity index is 1170. The molecule has 164 valence electrons. The van der Waals surface area contributed by atoms with E-state index in [1.165, 1.54) is 11.3 Å². The predicted octanol–water partition coefficient (Wildman–Crippen LogP) is 5.84. The molecule has 6 nitrogen and oxygen atoms in total. The number of rotatable bonds is 7. The second kappa shape index (κ2) is 9.36. The summed E-state index contributed by atoms with van der Waals surface area (Å²) >= 11 is 1.47. The molecule has 0 aliphatic carbocycles. The summed E-state index contributed by atoms with van der Waals surface area (Å²) in [5, 5.41) is 20.0. The van der Waals surface area contributed by atoms with Crippen molar-refractivity contribution in [3.05, 3.63) is 75.8 Å². The number of aromatic nitrogens is 1. The van der Waals surface area contributed by atoms with E-state index in [4.69, 9.17) is 15.1 Å². The molecule has 1 aromatic heterocycles. The van der Waals surface area contributed by atoms with Crippen molar-refractivity contribution >= 4 is 34.4 Å². The van der Waals surface area contributed by atoms with Crippen LogP contribution in [0.2, 0.25) is 0 Å². The van der Waals surface area contributed by atoms with Gasteiger partial charge >= 0.3 is 5.97 Å². The molecule has 2 N–H and O–H groups in total. The lowest BCUT2D eigenvalue weighted by molar-refractivity contribution is 0.0500. The molecular formula is C25H25N3O3S. The van der Waals surface area contributed by atoms with Crippen LogP contribution in [0.15, 0.2) is 60.4 Å². The number of aryl methyl sites for hydroxylation is 1. The summed E-state index contributed by atoms with van der Waals surface area (Å²) in [6.07, 6.45) is 1.80. The molecule has 1 aliphatic heterocycles. The van der Waals surface area contributed by atoms with Crippen molar-refractivity contribution in [2.45, 2.75) is 26.7 Å². The van der Waals surface area contributed by atoms with Gasteiger partial charge in [-0.3, -0.25) is 5.41 Å². The standard InChI is InChI=1S/C25H25N3O3S/c1-3-4-14-31-25(30)18-10-12-19(13-11-18)28-15-20(29)21(23(28)26)24-27-22(16(2)32-24)17-8-6-5-7-9-17/h5-13,26,29H,3-4,14-15H2,1-2H3. The van der Waals surface area contributed by atoms with E-state index in [2.05, 4.69) is 0 Å². The lowest BCUT2D eigenvalue weighted by atomic mass is 10.1. The number of nitrogens with one attached hydrogen (secondary N) is 1. The summed E-state index contributed by atoms with van der Waals surface area (Å²) in [7, 11) is 0. The fourth-order valence-electron chi connectivity index (χ4n) is 3.56. The lowest BCUT2D eigenvalue weighted by Gasteiger charge is -2.18. The number of esters is 1. The first kappa shape index (κ1) is 21.8. The van der Waals surface area contributed by atoms with Crippen LogP contribution >= 0.6 is 11.3 Å². The average Bonchev–Trinajstić information content (AvgIpc) is 3.33. The number of amidine groups is 1. The number of carbonyl (C=O) groups excluding carboxylic acids is 1. The topological polar surface area (TPSA) is 86.5 Å². The molecule has 0 bridgehead atoms. The van der Waals surface area contributed by atoms with Crippen LogP contribution in [-0.2, 0) is 4.74 Å². The number of aliphatic hydroxyl groups is 1. The van der Waals surface area contributed by atoms with Gasteiger partial charge in [0.1, 0.15) is 16.6 Å². The first-order valence-corrected chi connectivity index (χ1v) is 11.4. The third kappa shape index (κ3) is 4.29. The van der Waals surface area contributed by atoms with Crippen molar-refractivity contribution in [1.82, 2.24) is 4.98 Å². The molecule has 1 aliphatic rings. The Kier molecular flexibility index (Phi) is 6.37. The highest BCUT2D eigenvalue weighted by Crippen LogP contribution is 2.36. The van der Waals surface area contributed by atoms with Gasteiger partial charge in [-0.05, 0) is 37.6 Å². The second-order valence-corrected chi connectivity index (χ2v) is 8.79. The zero-order valence-electron chi connectivity index (χ0n) is 18.1. The van der Waals surface area contributed by atoms with Crippen molar-refractivity contribution in [3.63, 3.8) is 0 Å². The molecule has 0 spiro atoms. The van der Waals surface area contributed by atoms with Gasteiger partial charge < -0.3 is 14.7 Å². The Morgan fingerprint density at radius 2 is 1.91 bits per heavy atom. The van der Waals surface area contributed by atoms with Gasteiger partial charge in [0.2, 0.25) is 0 Å². The normalized spacial score (nSPS) is 13.7. The number of unbranched alkanes of at least 4 members (excludes halogenated alkanes) is 1. The molecule has 32 heavy (non-hydrogen) atoms. The summed E-state index contributed by atoms with van der Waals surface area (Å²) < 4.78 is 5.25. The molecular weight excluding hydrogens is 422 g/mol. The van der Waals surface area contributed by atoms with Gasteiger partial charge in [-0.25, -0.2) is 9.78 Å². The molecule has 0 atom stereocenters. The van der Waals surface area contributed by atoms with Crippen LogP contribution in [0.5, 0.6) is 0 Å². The summed E-state index contributed by atoms with van der Waals surface area (Å²) in [6.45, 7) is 4.64. The summed E-state index contributed by atoms with van der Waals surface area (Å²) in [4.78, 5) is 19.6. The Morgan fingerprint density at radius 3 is 2.59 bits per heavy atom. The maximum atomic E-state index is 12.1. The van der Waals surface area contributed by atoms with Gasteiger partial charge in [-0.1, -0.05) is 43.7 Å². The maximum absolute atomic E-state index is 12.1. The zero-order chi connectivity index (χ0) is 22.7. The molecule has 0 amide bonds. The summed E-state index contributed by atoms with van der Waals surface area (Å²) in [5.41, 5.74) is 3.51. The first-order valence-electron chi connectivity index (χ1n) is 10.6. The first-order chi connectivity index (χ1) is 15.5. The predicted molar refractivity (Wildman–Crippen MR) is 129 cm³/mol. The van der Waals surface area contributed by atoms with Crippen LogP contribution < -0.4 is 4.90 Å². The van der Waals surface area contributed by atoms with Crippen LogP contribution in [0.4, 0.5) is 5.69 Å². The van der Waals surface area contributed by atoms with Crippen molar-refractivity contribution in [2.24, 2.45) is 0 Å². The molecule has 0 unspecified atom stereocenters. The molecule has 0 fully saturated rings. The highest BCUT2D eigenvalue weighted by atomic mass is 32.1. The number of carbonyl (C=O) groups is 1. The summed E-state index contributed by atoms with van der Waals surface area (Å²) in [6, 6.07) is 16.8. The van der Waals surface area contributed by atoms with E-state index in [1.54, 1.807) is 29.2 Å². The molecule has 0 saturated carbocycles. The minimum absolute atomic E-state index is 0.117. The van der Waals surface area contributed by atoms with Crippen molar-refractivity contribution in [1.29, 1.82) is 5.41 Å². The lowest BCUT2D eigenvalue weighted by Crippen LogP contribution is -2.26. The quantitative estimate of drug-likeness (QED) is 0.351. The van der Waals surface area contributed by atoms with E-state index >= 15 is 0 Å². The zero-order valence-corrected chi connectivity index (χ0v) is 18.9. The van der Waals surface area contributed by atoms with E-state index in [1.807, 2.05) is 44.2 Å². The fourth-order valence-corrected chi connectivity index (χ4v) is 4.57. The van der Waals surface area contributed by atoms with Crippen molar-refractivity contribution < 1.29 is 14.6 Å². The Balaban J connectivity index is 1.53. The van der Waals surface area contributed by atoms with E-state index in [0.29, 0.717) is 22.8 Å². The number of anilines is 1. The number of ether oxygens (including phenoxy) is 1. The van der Waals surface area contributed by atoms with Crippen LogP contribution in [-0.4, -0.2) is 35.0 Å². The maximum Gasteiger partial charge on any atom is 0.338 e. The van der Waals surface area contributed by atoms with E-state index < -0.39 is 0 Å². The third-order valence-electron chi connectivity index (χ3n) is 5.31. The van der Waals surface area contributed by atoms with Gasteiger partial charge in [-0.15, -0.1) is 11.3 Å². The molecule has 4 rings (SSSR count). The largest absolute Gasteiger partial charge is 0.510 e. The van der Waals surface area contributed by atoms with Crippen molar-refractivity contribution in [3.8, 4) is 11.3 Å². The Hall–Kier alpha value is -3.45. The molecule has 2 heterocycles. The second-order valence-electron chi connectivity index (χ2n) is 7.58. The van der Waals surface area contributed by atoms with E-state index in [-0.39, 0.29) is 24.1 Å². The fraction of sp³-hybridized carbons (Fsp3) is 0.240. The number of aliphatic hydroxyl groups excluding tert-OH is 1. The van der Waals surface area contributed by atoms with Crippen LogP contribution in [0.25, 0.3) is 16.8 Å². The van der Waals surface area contributed by atoms with Crippen LogP contribution in [0.3, 0.4) is 0 Å². The Labute approximate surface area is 191 Å². The van der Waals surface area contributed by atoms with Gasteiger partial charge in [0.15, 0.2) is 0 Å². The molecule has 2 aromatic carbocycles. The van der Waals surface area contributed by atoms with E-state index in [0.717, 1.165) is 34.7 Å². The smallest absolute Gasteiger partial charge is 0.338 e. The highest BCUT2D eigenvalue weighted by molar-refractivity contribution is 7.13. The summed E-state index contributed by atoms with van der Waals surface area (Å²) in [5.74, 6) is -0.0459. The van der Waals surface area contributed by atoms with Gasteiger partial charge in [0, 0.05) is 16.1 Å². The molecule has 0 saturated heterocycles. The van der Waals surface area contributed by atoms with Crippen LogP contribution in [0.1, 0.15) is 40.0 Å². The van der Waals surface area contributed by atoms with E-state index in [9.17, 15) is 9.90 Å². The van der Waals surface area contributed by atoms with Gasteiger partial charge in [0.25, 0.3) is 0 Å².